The van der Waals surface area contributed by atoms with Crippen molar-refractivity contribution in [2.75, 3.05) is 31.5 Å². The largest absolute Gasteiger partial charge is 0.488 e. The summed E-state index contributed by atoms with van der Waals surface area (Å²) in [5.41, 5.74) is 0.275. The van der Waals surface area contributed by atoms with Crippen molar-refractivity contribution in [3.05, 3.63) is 71.6 Å². The lowest BCUT2D eigenvalue weighted by Crippen LogP contribution is -2.50. The van der Waals surface area contributed by atoms with Gasteiger partial charge in [-0.25, -0.2) is 16.8 Å². The molecule has 2 heterocycles. The molecule has 0 radical (unpaired) electrons. The van der Waals surface area contributed by atoms with E-state index in [1.165, 1.54) is 52.7 Å². The first kappa shape index (κ1) is 29.0. The second-order valence-electron chi connectivity index (χ2n) is 9.47. The summed E-state index contributed by atoms with van der Waals surface area (Å²) in [7, 11) is -6.18. The molecular weight excluding hydrogens is 563 g/mol. The number of carbonyl (C=O) groups excluding carboxylic acids is 1. The summed E-state index contributed by atoms with van der Waals surface area (Å²) in [6.45, 7) is 3.46. The maximum Gasteiger partial charge on any atom is 0.271 e. The molecule has 0 saturated heterocycles. The molecule has 0 spiro atoms. The molecule has 0 aliphatic carbocycles. The molecule has 2 aromatic carbocycles. The molecule has 0 saturated carbocycles. The predicted octanol–water partition coefficient (Wildman–Crippen LogP) is 3.09. The number of sulfonamides is 2. The Morgan fingerprint density at radius 3 is 2.49 bits per heavy atom. The van der Waals surface area contributed by atoms with Crippen LogP contribution in [0.15, 0.2) is 75.1 Å². The van der Waals surface area contributed by atoms with Gasteiger partial charge in [0.2, 0.25) is 10.0 Å². The van der Waals surface area contributed by atoms with Gasteiger partial charge in [0.25, 0.3) is 15.9 Å². The third-order valence-corrected chi connectivity index (χ3v) is 11.2. The number of likely N-dealkylation sites (N-methyl/N-ethyl adjacent to an activating group) is 1. The Balaban J connectivity index is 1.68. The van der Waals surface area contributed by atoms with Gasteiger partial charge < -0.3 is 14.7 Å². The monoisotopic (exact) mass is 593 g/mol. The number of rotatable bonds is 9. The molecule has 0 unspecified atom stereocenters. The van der Waals surface area contributed by atoms with E-state index >= 15 is 0 Å². The number of benzene rings is 2. The zero-order valence-corrected chi connectivity index (χ0v) is 24.2. The van der Waals surface area contributed by atoms with Crippen LogP contribution < -0.4 is 9.46 Å². The van der Waals surface area contributed by atoms with Gasteiger partial charge in [0.05, 0.1) is 29.7 Å². The number of amides is 1. The van der Waals surface area contributed by atoms with Crippen LogP contribution in [0.1, 0.15) is 24.2 Å². The summed E-state index contributed by atoms with van der Waals surface area (Å²) < 4.78 is 61.9. The molecule has 1 aromatic heterocycles. The number of hydrogen-bond donors (Lipinski definition) is 2. The number of nitrogens with zero attached hydrogens (tertiary/aromatic N) is 2. The summed E-state index contributed by atoms with van der Waals surface area (Å²) in [6, 6.07) is 15.0. The first-order valence-corrected chi connectivity index (χ1v) is 16.0. The van der Waals surface area contributed by atoms with Crippen LogP contribution in [0, 0.1) is 5.92 Å². The average Bonchev–Trinajstić information content (AvgIpc) is 3.47. The number of thiophene rings is 1. The number of carbonyl (C=O) groups is 1. The fourth-order valence-electron chi connectivity index (χ4n) is 4.25. The highest BCUT2D eigenvalue weighted by Gasteiger charge is 2.35. The van der Waals surface area contributed by atoms with E-state index in [1.807, 2.05) is 6.92 Å². The molecule has 2 N–H and O–H groups in total. The van der Waals surface area contributed by atoms with Crippen LogP contribution in [0.4, 0.5) is 5.69 Å². The summed E-state index contributed by atoms with van der Waals surface area (Å²) in [4.78, 5) is 15.3. The molecule has 39 heavy (non-hydrogen) atoms. The number of anilines is 1. The van der Waals surface area contributed by atoms with E-state index in [-0.39, 0.29) is 51.7 Å². The minimum Gasteiger partial charge on any atom is -0.488 e. The molecule has 10 nitrogen and oxygen atoms in total. The maximum absolute atomic E-state index is 13.6. The third-order valence-electron chi connectivity index (χ3n) is 6.57. The second-order valence-corrected chi connectivity index (χ2v) is 14.4. The fourth-order valence-corrected chi connectivity index (χ4v) is 7.50. The molecule has 0 fully saturated rings. The zero-order valence-electron chi connectivity index (χ0n) is 21.7. The van der Waals surface area contributed by atoms with Crippen molar-refractivity contribution < 1.29 is 31.5 Å². The van der Waals surface area contributed by atoms with Crippen LogP contribution >= 0.6 is 11.3 Å². The van der Waals surface area contributed by atoms with Crippen LogP contribution in [0.3, 0.4) is 0 Å². The molecule has 3 atom stereocenters. The Morgan fingerprint density at radius 2 is 1.85 bits per heavy atom. The van der Waals surface area contributed by atoms with E-state index in [1.54, 1.807) is 36.6 Å². The van der Waals surface area contributed by atoms with E-state index in [9.17, 15) is 26.7 Å². The Labute approximate surface area is 232 Å². The molecule has 210 valence electrons. The summed E-state index contributed by atoms with van der Waals surface area (Å²) >= 11 is 1.07. The van der Waals surface area contributed by atoms with Crippen molar-refractivity contribution >= 4 is 43.0 Å². The summed E-state index contributed by atoms with van der Waals surface area (Å²) in [5.74, 6) is -0.544. The van der Waals surface area contributed by atoms with E-state index < -0.39 is 38.1 Å². The van der Waals surface area contributed by atoms with Crippen LogP contribution in [0.5, 0.6) is 5.75 Å². The van der Waals surface area contributed by atoms with Crippen LogP contribution in [0.2, 0.25) is 0 Å². The lowest BCUT2D eigenvalue weighted by Gasteiger charge is -2.38. The maximum atomic E-state index is 13.6. The number of hydrogen-bond acceptors (Lipinski definition) is 8. The van der Waals surface area contributed by atoms with Crippen molar-refractivity contribution in [2.45, 2.75) is 35.1 Å². The van der Waals surface area contributed by atoms with Gasteiger partial charge in [-0.1, -0.05) is 31.2 Å². The molecule has 1 aliphatic rings. The van der Waals surface area contributed by atoms with Gasteiger partial charge in [-0.2, -0.15) is 4.31 Å². The van der Waals surface area contributed by atoms with Gasteiger partial charge in [0.15, 0.2) is 0 Å². The lowest BCUT2D eigenvalue weighted by atomic mass is 9.99. The number of ether oxygens (including phenoxy) is 1. The number of fused-ring (bicyclic) bond motifs is 1. The molecule has 3 aromatic rings. The second kappa shape index (κ2) is 11.6. The smallest absolute Gasteiger partial charge is 0.271 e. The Morgan fingerprint density at radius 1 is 1.13 bits per heavy atom. The van der Waals surface area contributed by atoms with Crippen molar-refractivity contribution in [1.82, 2.24) is 9.21 Å². The molecule has 0 bridgehead atoms. The van der Waals surface area contributed by atoms with Gasteiger partial charge in [-0.05, 0) is 48.7 Å². The zero-order chi connectivity index (χ0) is 28.4. The van der Waals surface area contributed by atoms with Crippen molar-refractivity contribution in [1.29, 1.82) is 0 Å². The number of aliphatic hydroxyl groups is 1. The number of nitrogens with one attached hydrogen (secondary N) is 1. The molecule has 13 heteroatoms. The van der Waals surface area contributed by atoms with Crippen LogP contribution in [-0.4, -0.2) is 75.9 Å². The van der Waals surface area contributed by atoms with Gasteiger partial charge >= 0.3 is 0 Å². The van der Waals surface area contributed by atoms with Crippen LogP contribution in [0.25, 0.3) is 0 Å². The van der Waals surface area contributed by atoms with Gasteiger partial charge in [0.1, 0.15) is 16.1 Å². The SMILES string of the molecule is C[C@@H]1CN([C@@H](C)CO)C(=O)c2cc(NS(=O)(=O)c3cccs3)ccc2O[C@H]1CN(C)S(=O)(=O)c1ccccc1. The first-order valence-electron chi connectivity index (χ1n) is 12.2. The minimum atomic E-state index is -3.85. The molecule has 1 amide bonds. The van der Waals surface area contributed by atoms with E-state index in [0.29, 0.717) is 0 Å². The highest BCUT2D eigenvalue weighted by atomic mass is 32.2. The molecular formula is C26H31N3O7S3. The Bertz CT molecular complexity index is 1510. The average molecular weight is 594 g/mol. The summed E-state index contributed by atoms with van der Waals surface area (Å²) in [5, 5.41) is 11.5. The van der Waals surface area contributed by atoms with Gasteiger partial charge in [-0.3, -0.25) is 9.52 Å². The molecule has 4 rings (SSSR count). The Hall–Kier alpha value is -2.97. The number of aliphatic hydroxyl groups excluding tert-OH is 1. The van der Waals surface area contributed by atoms with E-state index in [2.05, 4.69) is 4.72 Å². The van der Waals surface area contributed by atoms with Gasteiger partial charge in [0, 0.05) is 25.2 Å². The van der Waals surface area contributed by atoms with Gasteiger partial charge in [-0.15, -0.1) is 11.3 Å². The van der Waals surface area contributed by atoms with E-state index in [4.69, 9.17) is 4.74 Å². The topological polar surface area (TPSA) is 133 Å². The fraction of sp³-hybridized carbons (Fsp3) is 0.346. The van der Waals surface area contributed by atoms with E-state index in [0.717, 1.165) is 11.3 Å². The van der Waals surface area contributed by atoms with Crippen molar-refractivity contribution in [2.24, 2.45) is 5.92 Å². The van der Waals surface area contributed by atoms with Crippen molar-refractivity contribution in [3.8, 4) is 5.75 Å². The van der Waals surface area contributed by atoms with Crippen LogP contribution in [-0.2, 0) is 20.0 Å². The molecule has 1 aliphatic heterocycles. The highest BCUT2D eigenvalue weighted by Crippen LogP contribution is 2.32. The first-order chi connectivity index (χ1) is 18.4. The Kier molecular flexibility index (Phi) is 8.66. The lowest BCUT2D eigenvalue weighted by molar-refractivity contribution is 0.0387. The quantitative estimate of drug-likeness (QED) is 0.390. The highest BCUT2D eigenvalue weighted by molar-refractivity contribution is 7.94. The normalized spacial score (nSPS) is 19.1. The van der Waals surface area contributed by atoms with Crippen molar-refractivity contribution in [3.63, 3.8) is 0 Å². The third kappa shape index (κ3) is 6.28. The minimum absolute atomic E-state index is 0.000128. The standard InChI is InChI=1S/C26H31N3O7S3/c1-18-15-29(19(2)17-30)26(31)22-14-20(27-38(32,33)25-10-7-13-37-25)11-12-23(22)36-24(18)16-28(3)39(34,35)21-8-5-4-6-9-21/h4-14,18-19,24,27,30H,15-17H2,1-3H3/t18-,19+,24+/m1/s1. The predicted molar refractivity (Wildman–Crippen MR) is 149 cm³/mol. The summed E-state index contributed by atoms with van der Waals surface area (Å²) in [6.07, 6.45) is -0.651.